The molecule has 0 spiro atoms. The summed E-state index contributed by atoms with van der Waals surface area (Å²) in [5.41, 5.74) is 1.77. The number of aliphatic imine (C=N–C) groups is 1. The number of rotatable bonds is 6. The Hall–Kier alpha value is -2.73. The fourth-order valence-electron chi connectivity index (χ4n) is 4.35. The van der Waals surface area contributed by atoms with E-state index in [2.05, 4.69) is 6.92 Å². The van der Waals surface area contributed by atoms with Crippen molar-refractivity contribution in [1.29, 1.82) is 0 Å². The Morgan fingerprint density at radius 3 is 2.62 bits per heavy atom. The first-order valence-electron chi connectivity index (χ1n) is 11.3. The largest absolute Gasteiger partial charge is 0.493 e. The van der Waals surface area contributed by atoms with Gasteiger partial charge in [0.05, 0.1) is 24.3 Å². The first-order chi connectivity index (χ1) is 15.6. The van der Waals surface area contributed by atoms with Crippen molar-refractivity contribution in [3.05, 3.63) is 59.0 Å². The van der Waals surface area contributed by atoms with Gasteiger partial charge in [-0.1, -0.05) is 44.0 Å². The normalized spacial score (nSPS) is 23.7. The summed E-state index contributed by atoms with van der Waals surface area (Å²) >= 11 is 1.46. The van der Waals surface area contributed by atoms with Crippen LogP contribution in [0.4, 0.5) is 5.69 Å². The van der Waals surface area contributed by atoms with Crippen molar-refractivity contribution in [2.75, 3.05) is 13.7 Å². The van der Waals surface area contributed by atoms with Crippen LogP contribution in [-0.2, 0) is 4.79 Å². The Morgan fingerprint density at radius 1 is 1.12 bits per heavy atom. The Balaban J connectivity index is 1.70. The molecular formula is C26H30N2O3S. The molecule has 2 aliphatic rings. The molecule has 2 atom stereocenters. The molecule has 0 N–H and O–H groups in total. The second-order valence-electron chi connectivity index (χ2n) is 8.19. The van der Waals surface area contributed by atoms with Crippen molar-refractivity contribution in [2.24, 2.45) is 10.9 Å². The number of hydrogen-bond donors (Lipinski definition) is 0. The molecule has 1 saturated heterocycles. The van der Waals surface area contributed by atoms with Crippen LogP contribution in [0.1, 0.15) is 45.1 Å². The summed E-state index contributed by atoms with van der Waals surface area (Å²) < 4.78 is 11.1. The van der Waals surface area contributed by atoms with Gasteiger partial charge in [0.15, 0.2) is 16.7 Å². The Bertz CT molecular complexity index is 1020. The van der Waals surface area contributed by atoms with Crippen molar-refractivity contribution < 1.29 is 14.3 Å². The molecule has 2 aromatic carbocycles. The van der Waals surface area contributed by atoms with Crippen LogP contribution in [0.15, 0.2) is 58.4 Å². The van der Waals surface area contributed by atoms with Crippen LogP contribution in [0, 0.1) is 5.92 Å². The lowest BCUT2D eigenvalue weighted by Gasteiger charge is -2.35. The number of carbonyl (C=O) groups excluding carboxylic acids is 1. The number of methoxy groups -OCH3 is 1. The van der Waals surface area contributed by atoms with Gasteiger partial charge in [-0.25, -0.2) is 4.99 Å². The lowest BCUT2D eigenvalue weighted by molar-refractivity contribution is -0.124. The lowest BCUT2D eigenvalue weighted by atomic mass is 9.85. The first-order valence-corrected chi connectivity index (χ1v) is 12.1. The average molecular weight is 451 g/mol. The fraction of sp³-hybridized carbons (Fsp3) is 0.385. The minimum atomic E-state index is 0.0391. The fourth-order valence-corrected chi connectivity index (χ4v) is 5.40. The maximum atomic E-state index is 13.6. The maximum absolute atomic E-state index is 13.6. The number of benzene rings is 2. The zero-order valence-corrected chi connectivity index (χ0v) is 19.7. The van der Waals surface area contributed by atoms with Gasteiger partial charge in [0.25, 0.3) is 5.91 Å². The summed E-state index contributed by atoms with van der Waals surface area (Å²) in [5, 5.41) is 0.768. The number of ether oxygens (including phenoxy) is 2. The molecule has 2 aromatic rings. The van der Waals surface area contributed by atoms with Crippen LogP contribution >= 0.6 is 11.8 Å². The molecule has 32 heavy (non-hydrogen) atoms. The molecular weight excluding hydrogens is 420 g/mol. The van der Waals surface area contributed by atoms with Gasteiger partial charge in [-0.2, -0.15) is 0 Å². The molecule has 1 saturated carbocycles. The molecule has 0 radical (unpaired) electrons. The molecule has 4 rings (SSSR count). The van der Waals surface area contributed by atoms with E-state index in [9.17, 15) is 4.79 Å². The molecule has 168 valence electrons. The third-order valence-corrected chi connectivity index (χ3v) is 6.98. The van der Waals surface area contributed by atoms with E-state index in [1.165, 1.54) is 18.2 Å². The molecule has 1 aliphatic carbocycles. The monoisotopic (exact) mass is 450 g/mol. The van der Waals surface area contributed by atoms with E-state index < -0.39 is 0 Å². The van der Waals surface area contributed by atoms with Crippen molar-refractivity contribution in [3.8, 4) is 11.5 Å². The van der Waals surface area contributed by atoms with Gasteiger partial charge < -0.3 is 9.47 Å². The van der Waals surface area contributed by atoms with Crippen LogP contribution in [0.25, 0.3) is 6.08 Å². The van der Waals surface area contributed by atoms with E-state index in [0.29, 0.717) is 28.9 Å². The lowest BCUT2D eigenvalue weighted by Crippen LogP contribution is -2.44. The van der Waals surface area contributed by atoms with Crippen molar-refractivity contribution in [1.82, 2.24) is 4.90 Å². The predicted molar refractivity (Wildman–Crippen MR) is 132 cm³/mol. The molecule has 5 nitrogen and oxygen atoms in total. The molecule has 2 fully saturated rings. The van der Waals surface area contributed by atoms with Gasteiger partial charge in [0, 0.05) is 6.04 Å². The van der Waals surface area contributed by atoms with E-state index in [1.54, 1.807) is 7.11 Å². The number of amidine groups is 1. The molecule has 0 unspecified atom stereocenters. The zero-order chi connectivity index (χ0) is 22.5. The summed E-state index contributed by atoms with van der Waals surface area (Å²) in [6.45, 7) is 4.74. The topological polar surface area (TPSA) is 51.1 Å². The summed E-state index contributed by atoms with van der Waals surface area (Å²) in [6.07, 6.45) is 6.48. The van der Waals surface area contributed by atoms with Gasteiger partial charge in [0.1, 0.15) is 0 Å². The molecule has 1 aliphatic heterocycles. The third kappa shape index (κ3) is 4.85. The van der Waals surface area contributed by atoms with Crippen molar-refractivity contribution >= 4 is 34.6 Å². The van der Waals surface area contributed by atoms with Gasteiger partial charge in [-0.15, -0.1) is 0 Å². The molecule has 0 bridgehead atoms. The summed E-state index contributed by atoms with van der Waals surface area (Å²) in [4.78, 5) is 21.1. The van der Waals surface area contributed by atoms with Gasteiger partial charge in [-0.3, -0.25) is 9.69 Å². The summed E-state index contributed by atoms with van der Waals surface area (Å²) in [6, 6.07) is 15.8. The zero-order valence-electron chi connectivity index (χ0n) is 18.9. The second-order valence-corrected chi connectivity index (χ2v) is 9.20. The van der Waals surface area contributed by atoms with Gasteiger partial charge >= 0.3 is 0 Å². The van der Waals surface area contributed by atoms with Crippen LogP contribution < -0.4 is 9.47 Å². The van der Waals surface area contributed by atoms with Gasteiger partial charge in [0.2, 0.25) is 0 Å². The minimum absolute atomic E-state index is 0.0391. The quantitative estimate of drug-likeness (QED) is 0.486. The highest BCUT2D eigenvalue weighted by Crippen LogP contribution is 2.40. The first kappa shape index (κ1) is 22.5. The van der Waals surface area contributed by atoms with Crippen LogP contribution in [0.5, 0.6) is 11.5 Å². The van der Waals surface area contributed by atoms with E-state index in [4.69, 9.17) is 14.5 Å². The Labute approximate surface area is 194 Å². The minimum Gasteiger partial charge on any atom is -0.493 e. The number of thioether (sulfide) groups is 1. The van der Waals surface area contributed by atoms with Crippen molar-refractivity contribution in [2.45, 2.75) is 45.6 Å². The SMILES string of the molecule is CCOc1cc(/C=C2\SC(=Nc3ccccc3)N([C@H]3CCCC[C@@H]3C)C2=O)ccc1OC. The Kier molecular flexibility index (Phi) is 7.20. The number of nitrogens with zero attached hydrogens (tertiary/aromatic N) is 2. The van der Waals surface area contributed by atoms with Crippen molar-refractivity contribution in [3.63, 3.8) is 0 Å². The van der Waals surface area contributed by atoms with E-state index in [0.717, 1.165) is 35.7 Å². The van der Waals surface area contributed by atoms with Crippen LogP contribution in [-0.4, -0.2) is 35.7 Å². The molecule has 1 amide bonds. The number of amides is 1. The molecule has 1 heterocycles. The maximum Gasteiger partial charge on any atom is 0.267 e. The molecule has 6 heteroatoms. The predicted octanol–water partition coefficient (Wildman–Crippen LogP) is 6.28. The molecule has 0 aromatic heterocycles. The average Bonchev–Trinajstić information content (AvgIpc) is 3.09. The standard InChI is InChI=1S/C26H30N2O3S/c1-4-31-23-16-19(14-15-22(23)30-3)17-24-25(29)28(21-13-9-8-10-18(21)2)26(32-24)27-20-11-6-5-7-12-20/h5-7,11-12,14-18,21H,4,8-10,13H2,1-3H3/b24-17-,27-26?/t18-,21-/m0/s1. The number of hydrogen-bond acceptors (Lipinski definition) is 5. The van der Waals surface area contributed by atoms with Gasteiger partial charge in [-0.05, 0) is 73.4 Å². The van der Waals surface area contributed by atoms with E-state index >= 15 is 0 Å². The van der Waals surface area contributed by atoms with E-state index in [-0.39, 0.29) is 11.9 Å². The van der Waals surface area contributed by atoms with Crippen LogP contribution in [0.2, 0.25) is 0 Å². The highest BCUT2D eigenvalue weighted by molar-refractivity contribution is 8.18. The number of para-hydroxylation sites is 1. The Morgan fingerprint density at radius 2 is 1.91 bits per heavy atom. The summed E-state index contributed by atoms with van der Waals surface area (Å²) in [5.74, 6) is 1.86. The highest BCUT2D eigenvalue weighted by atomic mass is 32.2. The number of carbonyl (C=O) groups is 1. The van der Waals surface area contributed by atoms with Crippen LogP contribution in [0.3, 0.4) is 0 Å². The third-order valence-electron chi connectivity index (χ3n) is 6.00. The second kappa shape index (κ2) is 10.3. The summed E-state index contributed by atoms with van der Waals surface area (Å²) in [7, 11) is 1.63. The van der Waals surface area contributed by atoms with E-state index in [1.807, 2.05) is 66.4 Å². The smallest absolute Gasteiger partial charge is 0.267 e. The highest BCUT2D eigenvalue weighted by Gasteiger charge is 2.41.